The molecular formula is C24H14Cl2O. The average molecular weight is 389 g/mol. The lowest BCUT2D eigenvalue weighted by Crippen LogP contribution is -1.78. The quantitative estimate of drug-likeness (QED) is 0.296. The van der Waals surface area contributed by atoms with Crippen molar-refractivity contribution in [2.24, 2.45) is 0 Å². The SMILES string of the molecule is Clc1ccc(-c2cccc3c2oc2c(-c4ccc(Cl)cc4)cccc23)cc1. The maximum atomic E-state index is 6.42. The van der Waals surface area contributed by atoms with Gasteiger partial charge in [-0.1, -0.05) is 83.9 Å². The van der Waals surface area contributed by atoms with E-state index in [1.807, 2.05) is 48.5 Å². The predicted octanol–water partition coefficient (Wildman–Crippen LogP) is 8.23. The average Bonchev–Trinajstić information content (AvgIpc) is 3.08. The summed E-state index contributed by atoms with van der Waals surface area (Å²) in [6, 6.07) is 28.2. The molecule has 0 N–H and O–H groups in total. The van der Waals surface area contributed by atoms with Crippen molar-refractivity contribution >= 4 is 45.1 Å². The second kappa shape index (κ2) is 6.45. The Kier molecular flexibility index (Phi) is 3.93. The zero-order valence-electron chi connectivity index (χ0n) is 14.2. The summed E-state index contributed by atoms with van der Waals surface area (Å²) in [4.78, 5) is 0. The fraction of sp³-hybridized carbons (Fsp3) is 0. The maximum absolute atomic E-state index is 6.42. The van der Waals surface area contributed by atoms with Gasteiger partial charge < -0.3 is 4.42 Å². The highest BCUT2D eigenvalue weighted by molar-refractivity contribution is 6.31. The molecule has 0 aliphatic heterocycles. The van der Waals surface area contributed by atoms with E-state index in [0.717, 1.165) is 54.2 Å². The van der Waals surface area contributed by atoms with Crippen molar-refractivity contribution in [3.8, 4) is 22.3 Å². The third-order valence-electron chi connectivity index (χ3n) is 4.83. The highest BCUT2D eigenvalue weighted by Gasteiger charge is 2.15. The van der Waals surface area contributed by atoms with Crippen LogP contribution in [0.15, 0.2) is 89.3 Å². The molecule has 0 radical (unpaired) electrons. The molecule has 0 aliphatic carbocycles. The highest BCUT2D eigenvalue weighted by atomic mass is 35.5. The topological polar surface area (TPSA) is 13.1 Å². The van der Waals surface area contributed by atoms with Gasteiger partial charge in [0.2, 0.25) is 0 Å². The van der Waals surface area contributed by atoms with E-state index in [1.165, 1.54) is 0 Å². The van der Waals surface area contributed by atoms with Gasteiger partial charge in [0.15, 0.2) is 0 Å². The van der Waals surface area contributed by atoms with Crippen molar-refractivity contribution in [3.05, 3.63) is 95.0 Å². The molecule has 4 aromatic carbocycles. The minimum atomic E-state index is 0.723. The van der Waals surface area contributed by atoms with E-state index < -0.39 is 0 Å². The van der Waals surface area contributed by atoms with Crippen molar-refractivity contribution in [3.63, 3.8) is 0 Å². The van der Waals surface area contributed by atoms with Crippen LogP contribution in [0.3, 0.4) is 0 Å². The first-order valence-electron chi connectivity index (χ1n) is 8.67. The summed E-state index contributed by atoms with van der Waals surface area (Å²) >= 11 is 12.1. The zero-order valence-corrected chi connectivity index (χ0v) is 15.8. The van der Waals surface area contributed by atoms with Crippen LogP contribution in [0.4, 0.5) is 0 Å². The Labute approximate surface area is 166 Å². The summed E-state index contributed by atoms with van der Waals surface area (Å²) < 4.78 is 6.42. The normalized spacial score (nSPS) is 11.3. The van der Waals surface area contributed by atoms with Gasteiger partial charge in [-0.05, 0) is 35.4 Å². The van der Waals surface area contributed by atoms with E-state index in [-0.39, 0.29) is 0 Å². The fourth-order valence-corrected chi connectivity index (χ4v) is 3.79. The molecule has 0 fully saturated rings. The minimum absolute atomic E-state index is 0.723. The van der Waals surface area contributed by atoms with E-state index in [4.69, 9.17) is 27.6 Å². The summed E-state index contributed by atoms with van der Waals surface area (Å²) in [5.74, 6) is 0. The van der Waals surface area contributed by atoms with Gasteiger partial charge in [-0.3, -0.25) is 0 Å². The number of rotatable bonds is 2. The summed E-state index contributed by atoms with van der Waals surface area (Å²) in [6.07, 6.45) is 0. The molecule has 0 saturated carbocycles. The van der Waals surface area contributed by atoms with Gasteiger partial charge in [0, 0.05) is 31.9 Å². The molecule has 0 atom stereocenters. The summed E-state index contributed by atoms with van der Waals surface area (Å²) in [6.45, 7) is 0. The third kappa shape index (κ3) is 2.80. The molecule has 1 aromatic heterocycles. The Hall–Kier alpha value is -2.74. The number of fused-ring (bicyclic) bond motifs is 3. The first-order chi connectivity index (χ1) is 13.2. The fourth-order valence-electron chi connectivity index (χ4n) is 3.53. The molecule has 130 valence electrons. The van der Waals surface area contributed by atoms with Crippen LogP contribution in [0.25, 0.3) is 44.2 Å². The summed E-state index contributed by atoms with van der Waals surface area (Å²) in [5.41, 5.74) is 6.05. The molecule has 5 rings (SSSR count). The Morgan fingerprint density at radius 3 is 1.30 bits per heavy atom. The Morgan fingerprint density at radius 1 is 0.481 bits per heavy atom. The van der Waals surface area contributed by atoms with Crippen LogP contribution in [0, 0.1) is 0 Å². The van der Waals surface area contributed by atoms with Gasteiger partial charge in [0.1, 0.15) is 11.2 Å². The van der Waals surface area contributed by atoms with Crippen molar-refractivity contribution < 1.29 is 4.42 Å². The minimum Gasteiger partial charge on any atom is -0.455 e. The Bertz CT molecular complexity index is 1170. The first kappa shape index (κ1) is 16.4. The van der Waals surface area contributed by atoms with E-state index in [2.05, 4.69) is 36.4 Å². The standard InChI is InChI=1S/C24H14Cl2O/c25-17-11-7-15(8-12-17)19-3-1-5-21-22-6-2-4-20(24(22)27-23(19)21)16-9-13-18(26)14-10-16/h1-14H. The van der Waals surface area contributed by atoms with Crippen molar-refractivity contribution in [1.82, 2.24) is 0 Å². The molecule has 3 heteroatoms. The van der Waals surface area contributed by atoms with Gasteiger partial charge in [-0.25, -0.2) is 0 Å². The van der Waals surface area contributed by atoms with Crippen LogP contribution in [-0.2, 0) is 0 Å². The van der Waals surface area contributed by atoms with Crippen LogP contribution in [0.5, 0.6) is 0 Å². The monoisotopic (exact) mass is 388 g/mol. The molecule has 27 heavy (non-hydrogen) atoms. The van der Waals surface area contributed by atoms with Crippen LogP contribution in [0.2, 0.25) is 10.0 Å². The lowest BCUT2D eigenvalue weighted by atomic mass is 10.0. The number of benzene rings is 4. The van der Waals surface area contributed by atoms with E-state index in [0.29, 0.717) is 0 Å². The lowest BCUT2D eigenvalue weighted by molar-refractivity contribution is 0.671. The predicted molar refractivity (Wildman–Crippen MR) is 115 cm³/mol. The number of hydrogen-bond acceptors (Lipinski definition) is 1. The molecule has 0 aliphatic rings. The van der Waals surface area contributed by atoms with Crippen LogP contribution < -0.4 is 0 Å². The van der Waals surface area contributed by atoms with Crippen molar-refractivity contribution in [1.29, 1.82) is 0 Å². The molecular weight excluding hydrogens is 375 g/mol. The zero-order chi connectivity index (χ0) is 18.4. The van der Waals surface area contributed by atoms with Crippen LogP contribution in [0.1, 0.15) is 0 Å². The Balaban J connectivity index is 1.79. The molecule has 0 amide bonds. The van der Waals surface area contributed by atoms with E-state index >= 15 is 0 Å². The molecule has 1 heterocycles. The van der Waals surface area contributed by atoms with Crippen LogP contribution in [-0.4, -0.2) is 0 Å². The number of para-hydroxylation sites is 2. The summed E-state index contributed by atoms with van der Waals surface area (Å²) in [7, 11) is 0. The van der Waals surface area contributed by atoms with E-state index in [1.54, 1.807) is 0 Å². The van der Waals surface area contributed by atoms with Crippen LogP contribution >= 0.6 is 23.2 Å². The second-order valence-electron chi connectivity index (χ2n) is 6.48. The third-order valence-corrected chi connectivity index (χ3v) is 5.34. The Morgan fingerprint density at radius 2 is 0.889 bits per heavy atom. The van der Waals surface area contributed by atoms with Gasteiger partial charge in [0.25, 0.3) is 0 Å². The second-order valence-corrected chi connectivity index (χ2v) is 7.35. The van der Waals surface area contributed by atoms with Gasteiger partial charge in [0.05, 0.1) is 0 Å². The lowest BCUT2D eigenvalue weighted by Gasteiger charge is -2.03. The molecule has 0 unspecified atom stereocenters. The van der Waals surface area contributed by atoms with Gasteiger partial charge in [-0.2, -0.15) is 0 Å². The molecule has 0 bridgehead atoms. The van der Waals surface area contributed by atoms with Crippen molar-refractivity contribution in [2.45, 2.75) is 0 Å². The molecule has 5 aromatic rings. The van der Waals surface area contributed by atoms with Gasteiger partial charge in [-0.15, -0.1) is 0 Å². The number of furan rings is 1. The summed E-state index contributed by atoms with van der Waals surface area (Å²) in [5, 5.41) is 3.66. The smallest absolute Gasteiger partial charge is 0.143 e. The maximum Gasteiger partial charge on any atom is 0.143 e. The van der Waals surface area contributed by atoms with E-state index in [9.17, 15) is 0 Å². The largest absolute Gasteiger partial charge is 0.455 e. The number of halogens is 2. The molecule has 1 nitrogen and oxygen atoms in total. The highest BCUT2D eigenvalue weighted by Crippen LogP contribution is 2.39. The molecule has 0 spiro atoms. The molecule has 0 saturated heterocycles. The number of hydrogen-bond donors (Lipinski definition) is 0. The van der Waals surface area contributed by atoms with Gasteiger partial charge >= 0.3 is 0 Å². The van der Waals surface area contributed by atoms with Crippen molar-refractivity contribution in [2.75, 3.05) is 0 Å². The first-order valence-corrected chi connectivity index (χ1v) is 9.42.